The molecule has 72 valence electrons. The summed E-state index contributed by atoms with van der Waals surface area (Å²) >= 11 is 1.61. The highest BCUT2D eigenvalue weighted by atomic mass is 32.1. The number of carbonyl (C=O) groups is 1. The van der Waals surface area contributed by atoms with Gasteiger partial charge in [0.15, 0.2) is 5.78 Å². The summed E-state index contributed by atoms with van der Waals surface area (Å²) in [5.41, 5.74) is 2.38. The Labute approximate surface area is 87.4 Å². The van der Waals surface area contributed by atoms with Crippen molar-refractivity contribution in [2.45, 2.75) is 20.8 Å². The van der Waals surface area contributed by atoms with Crippen molar-refractivity contribution < 1.29 is 4.79 Å². The SMILES string of the molecule is CC(=O)c1sc2c(C)cccc2c1C. The molecule has 0 bridgehead atoms. The lowest BCUT2D eigenvalue weighted by Crippen LogP contribution is -1.88. The Kier molecular flexibility index (Phi) is 2.16. The molecule has 2 heteroatoms. The Morgan fingerprint density at radius 3 is 2.57 bits per heavy atom. The largest absolute Gasteiger partial charge is 0.294 e. The molecule has 1 aromatic carbocycles. The fourth-order valence-corrected chi connectivity index (χ4v) is 2.89. The fourth-order valence-electron chi connectivity index (χ4n) is 1.72. The molecule has 0 aliphatic carbocycles. The predicted octanol–water partition coefficient (Wildman–Crippen LogP) is 3.72. The molecule has 0 amide bonds. The number of benzene rings is 1. The van der Waals surface area contributed by atoms with Crippen molar-refractivity contribution in [2.24, 2.45) is 0 Å². The fraction of sp³-hybridized carbons (Fsp3) is 0.250. The zero-order valence-corrected chi connectivity index (χ0v) is 9.37. The Hall–Kier alpha value is -1.15. The first-order valence-corrected chi connectivity index (χ1v) is 5.42. The minimum Gasteiger partial charge on any atom is -0.294 e. The third-order valence-electron chi connectivity index (χ3n) is 2.48. The van der Waals surface area contributed by atoms with Gasteiger partial charge < -0.3 is 0 Å². The number of ketones is 1. The van der Waals surface area contributed by atoms with E-state index in [9.17, 15) is 4.79 Å². The van der Waals surface area contributed by atoms with E-state index in [1.54, 1.807) is 18.3 Å². The Balaban J connectivity index is 2.86. The van der Waals surface area contributed by atoms with Crippen LogP contribution in [0.1, 0.15) is 27.7 Å². The number of thiophene rings is 1. The molecular weight excluding hydrogens is 192 g/mol. The van der Waals surface area contributed by atoms with E-state index in [-0.39, 0.29) is 5.78 Å². The van der Waals surface area contributed by atoms with Gasteiger partial charge in [-0.15, -0.1) is 11.3 Å². The summed E-state index contributed by atoms with van der Waals surface area (Å²) in [6, 6.07) is 6.21. The van der Waals surface area contributed by atoms with Gasteiger partial charge in [0.25, 0.3) is 0 Å². The molecule has 0 saturated heterocycles. The Bertz CT molecular complexity index is 508. The smallest absolute Gasteiger partial charge is 0.170 e. The maximum atomic E-state index is 11.4. The summed E-state index contributed by atoms with van der Waals surface area (Å²) in [5, 5.41) is 1.22. The van der Waals surface area contributed by atoms with E-state index in [1.807, 2.05) is 13.0 Å². The average molecular weight is 204 g/mol. The van der Waals surface area contributed by atoms with Gasteiger partial charge in [-0.1, -0.05) is 18.2 Å². The second kappa shape index (κ2) is 3.21. The summed E-state index contributed by atoms with van der Waals surface area (Å²) in [7, 11) is 0. The van der Waals surface area contributed by atoms with Crippen molar-refractivity contribution in [3.8, 4) is 0 Å². The maximum Gasteiger partial charge on any atom is 0.170 e. The topological polar surface area (TPSA) is 17.1 Å². The van der Waals surface area contributed by atoms with Gasteiger partial charge in [0, 0.05) is 4.70 Å². The lowest BCUT2D eigenvalue weighted by atomic mass is 10.1. The molecule has 0 saturated carbocycles. The quantitative estimate of drug-likeness (QED) is 0.647. The van der Waals surface area contributed by atoms with Crippen LogP contribution in [0.15, 0.2) is 18.2 Å². The first kappa shape index (κ1) is 9.41. The van der Waals surface area contributed by atoms with Crippen LogP contribution < -0.4 is 0 Å². The summed E-state index contributed by atoms with van der Waals surface area (Å²) in [6.45, 7) is 5.74. The van der Waals surface area contributed by atoms with Gasteiger partial charge >= 0.3 is 0 Å². The van der Waals surface area contributed by atoms with Crippen molar-refractivity contribution >= 4 is 27.2 Å². The number of carbonyl (C=O) groups excluding carboxylic acids is 1. The van der Waals surface area contributed by atoms with Gasteiger partial charge in [-0.05, 0) is 37.3 Å². The first-order chi connectivity index (χ1) is 6.61. The van der Waals surface area contributed by atoms with E-state index in [2.05, 4.69) is 19.1 Å². The molecule has 1 heterocycles. The van der Waals surface area contributed by atoms with Crippen LogP contribution in [0.5, 0.6) is 0 Å². The van der Waals surface area contributed by atoms with E-state index >= 15 is 0 Å². The van der Waals surface area contributed by atoms with Crippen molar-refractivity contribution in [2.75, 3.05) is 0 Å². The molecule has 2 aromatic rings. The molecule has 0 N–H and O–H groups in total. The number of fused-ring (bicyclic) bond motifs is 1. The minimum absolute atomic E-state index is 0.170. The van der Waals surface area contributed by atoms with Crippen LogP contribution in [0.25, 0.3) is 10.1 Å². The third-order valence-corrected chi connectivity index (χ3v) is 4.02. The summed E-state index contributed by atoms with van der Waals surface area (Å²) in [4.78, 5) is 12.3. The molecule has 0 aliphatic rings. The molecular formula is C12H12OS. The van der Waals surface area contributed by atoms with Gasteiger partial charge in [0.2, 0.25) is 0 Å². The number of rotatable bonds is 1. The summed E-state index contributed by atoms with van der Waals surface area (Å²) < 4.78 is 1.25. The molecule has 1 nitrogen and oxygen atoms in total. The standard InChI is InChI=1S/C12H12OS/c1-7-5-4-6-10-8(2)12(9(3)13)14-11(7)10/h4-6H,1-3H3. The van der Waals surface area contributed by atoms with Gasteiger partial charge in [-0.25, -0.2) is 0 Å². The Morgan fingerprint density at radius 2 is 2.00 bits per heavy atom. The molecule has 0 radical (unpaired) electrons. The van der Waals surface area contributed by atoms with Crippen LogP contribution in [0, 0.1) is 13.8 Å². The molecule has 0 fully saturated rings. The van der Waals surface area contributed by atoms with Gasteiger partial charge in [0.1, 0.15) is 0 Å². The number of hydrogen-bond acceptors (Lipinski definition) is 2. The third kappa shape index (κ3) is 1.26. The average Bonchev–Trinajstić information content (AvgIpc) is 2.46. The molecule has 2 rings (SSSR count). The number of Topliss-reactive ketones (excluding diaryl/α,β-unsaturated/α-hetero) is 1. The highest BCUT2D eigenvalue weighted by molar-refractivity contribution is 7.21. The predicted molar refractivity (Wildman–Crippen MR) is 61.3 cm³/mol. The minimum atomic E-state index is 0.170. The zero-order chi connectivity index (χ0) is 10.3. The molecule has 0 spiro atoms. The van der Waals surface area contributed by atoms with E-state index in [4.69, 9.17) is 0 Å². The molecule has 14 heavy (non-hydrogen) atoms. The van der Waals surface area contributed by atoms with Gasteiger partial charge in [-0.2, -0.15) is 0 Å². The Morgan fingerprint density at radius 1 is 1.29 bits per heavy atom. The normalized spacial score (nSPS) is 10.8. The van der Waals surface area contributed by atoms with Crippen LogP contribution in [0.2, 0.25) is 0 Å². The van der Waals surface area contributed by atoms with Crippen molar-refractivity contribution in [1.29, 1.82) is 0 Å². The van der Waals surface area contributed by atoms with E-state index in [1.165, 1.54) is 15.6 Å². The molecule has 0 atom stereocenters. The highest BCUT2D eigenvalue weighted by Crippen LogP contribution is 2.32. The van der Waals surface area contributed by atoms with E-state index in [0.29, 0.717) is 0 Å². The number of aryl methyl sites for hydroxylation is 2. The first-order valence-electron chi connectivity index (χ1n) is 4.61. The summed E-state index contributed by atoms with van der Waals surface area (Å²) in [6.07, 6.45) is 0. The van der Waals surface area contributed by atoms with Crippen LogP contribution in [0.3, 0.4) is 0 Å². The van der Waals surface area contributed by atoms with Crippen LogP contribution in [-0.2, 0) is 0 Å². The lowest BCUT2D eigenvalue weighted by Gasteiger charge is -1.94. The number of hydrogen-bond donors (Lipinski definition) is 0. The van der Waals surface area contributed by atoms with Crippen molar-refractivity contribution in [1.82, 2.24) is 0 Å². The second-order valence-electron chi connectivity index (χ2n) is 3.56. The van der Waals surface area contributed by atoms with Crippen molar-refractivity contribution in [3.63, 3.8) is 0 Å². The molecule has 0 aliphatic heterocycles. The zero-order valence-electron chi connectivity index (χ0n) is 8.55. The van der Waals surface area contributed by atoms with Gasteiger partial charge in [0.05, 0.1) is 4.88 Å². The highest BCUT2D eigenvalue weighted by Gasteiger charge is 2.12. The second-order valence-corrected chi connectivity index (χ2v) is 4.58. The molecule has 0 unspecified atom stereocenters. The van der Waals surface area contributed by atoms with Gasteiger partial charge in [-0.3, -0.25) is 4.79 Å². The monoisotopic (exact) mass is 204 g/mol. The van der Waals surface area contributed by atoms with Crippen LogP contribution in [-0.4, -0.2) is 5.78 Å². The van der Waals surface area contributed by atoms with E-state index < -0.39 is 0 Å². The van der Waals surface area contributed by atoms with Crippen LogP contribution >= 0.6 is 11.3 Å². The van der Waals surface area contributed by atoms with Crippen LogP contribution in [0.4, 0.5) is 0 Å². The lowest BCUT2D eigenvalue weighted by molar-refractivity contribution is 0.102. The van der Waals surface area contributed by atoms with E-state index in [0.717, 1.165) is 10.4 Å². The van der Waals surface area contributed by atoms with Crippen molar-refractivity contribution in [3.05, 3.63) is 34.2 Å². The molecule has 1 aromatic heterocycles. The maximum absolute atomic E-state index is 11.4. The summed E-state index contributed by atoms with van der Waals surface area (Å²) in [5.74, 6) is 0.170.